The lowest BCUT2D eigenvalue weighted by molar-refractivity contribution is 0.282. The van der Waals surface area contributed by atoms with Gasteiger partial charge in [-0.05, 0) is 23.4 Å². The molecule has 0 aliphatic rings. The van der Waals surface area contributed by atoms with Gasteiger partial charge in [-0.1, -0.05) is 6.92 Å². The molecule has 78 valence electrons. The third kappa shape index (κ3) is 3.98. The molecule has 1 rings (SSSR count). The van der Waals surface area contributed by atoms with E-state index in [1.165, 1.54) is 0 Å². The molecule has 0 aliphatic carbocycles. The first-order valence-corrected chi connectivity index (χ1v) is 5.89. The van der Waals surface area contributed by atoms with Gasteiger partial charge in [0, 0.05) is 18.5 Å². The Labute approximate surface area is 88.9 Å². The lowest BCUT2D eigenvalue weighted by Crippen LogP contribution is -2.06. The van der Waals surface area contributed by atoms with Crippen molar-refractivity contribution in [2.75, 3.05) is 23.4 Å². The Morgan fingerprint density at radius 1 is 1.57 bits per heavy atom. The van der Waals surface area contributed by atoms with E-state index in [4.69, 9.17) is 5.11 Å². The predicted molar refractivity (Wildman–Crippen MR) is 61.6 cm³/mol. The molecular formula is C10H16N2OS. The number of aliphatic hydroxyl groups excluding tert-OH is 1. The van der Waals surface area contributed by atoms with Gasteiger partial charge in [-0.2, -0.15) is 11.8 Å². The number of anilines is 1. The minimum atomic E-state index is 0.0703. The number of nitrogens with zero attached hydrogens (tertiary/aromatic N) is 1. The second kappa shape index (κ2) is 6.68. The van der Waals surface area contributed by atoms with Crippen LogP contribution in [0.3, 0.4) is 0 Å². The first kappa shape index (κ1) is 11.3. The Balaban J connectivity index is 2.34. The van der Waals surface area contributed by atoms with Gasteiger partial charge >= 0.3 is 0 Å². The summed E-state index contributed by atoms with van der Waals surface area (Å²) in [5.41, 5.74) is 0.894. The molecule has 1 aromatic heterocycles. The first-order valence-electron chi connectivity index (χ1n) is 4.74. The van der Waals surface area contributed by atoms with Gasteiger partial charge in [0.1, 0.15) is 5.82 Å². The minimum Gasteiger partial charge on any atom is -0.392 e. The number of nitrogens with one attached hydrogen (secondary N) is 1. The number of hydrogen-bond acceptors (Lipinski definition) is 4. The highest BCUT2D eigenvalue weighted by Crippen LogP contribution is 2.06. The van der Waals surface area contributed by atoms with E-state index in [2.05, 4.69) is 17.2 Å². The monoisotopic (exact) mass is 212 g/mol. The standard InChI is InChI=1S/C10H16N2OS/c1-2-14-6-5-12-10-7-9(8-13)3-4-11-10/h3-4,7,13H,2,5-6,8H2,1H3,(H,11,12). The molecule has 0 aromatic carbocycles. The smallest absolute Gasteiger partial charge is 0.126 e. The zero-order chi connectivity index (χ0) is 10.2. The zero-order valence-corrected chi connectivity index (χ0v) is 9.18. The maximum absolute atomic E-state index is 8.91. The summed E-state index contributed by atoms with van der Waals surface area (Å²) in [5, 5.41) is 12.1. The van der Waals surface area contributed by atoms with E-state index in [9.17, 15) is 0 Å². The molecule has 0 spiro atoms. The van der Waals surface area contributed by atoms with Gasteiger partial charge < -0.3 is 10.4 Å². The van der Waals surface area contributed by atoms with Crippen LogP contribution < -0.4 is 5.32 Å². The quantitative estimate of drug-likeness (QED) is 0.705. The molecule has 0 saturated heterocycles. The number of thioether (sulfide) groups is 1. The molecule has 0 atom stereocenters. The molecule has 0 saturated carbocycles. The van der Waals surface area contributed by atoms with Gasteiger partial charge in [0.25, 0.3) is 0 Å². The second-order valence-electron chi connectivity index (χ2n) is 2.83. The van der Waals surface area contributed by atoms with Crippen LogP contribution in [-0.2, 0) is 6.61 Å². The molecule has 0 radical (unpaired) electrons. The van der Waals surface area contributed by atoms with Crippen molar-refractivity contribution in [3.05, 3.63) is 23.9 Å². The molecule has 4 heteroatoms. The van der Waals surface area contributed by atoms with E-state index in [0.717, 1.165) is 29.4 Å². The molecule has 0 fully saturated rings. The van der Waals surface area contributed by atoms with Crippen molar-refractivity contribution in [2.45, 2.75) is 13.5 Å². The van der Waals surface area contributed by atoms with Crippen LogP contribution in [0.2, 0.25) is 0 Å². The van der Waals surface area contributed by atoms with E-state index in [1.807, 2.05) is 23.9 Å². The highest BCUT2D eigenvalue weighted by atomic mass is 32.2. The predicted octanol–water partition coefficient (Wildman–Crippen LogP) is 1.74. The number of hydrogen-bond donors (Lipinski definition) is 2. The van der Waals surface area contributed by atoms with Crippen molar-refractivity contribution in [1.82, 2.24) is 4.98 Å². The summed E-state index contributed by atoms with van der Waals surface area (Å²) in [7, 11) is 0. The Kier molecular flexibility index (Phi) is 5.40. The van der Waals surface area contributed by atoms with Gasteiger partial charge in [0.15, 0.2) is 0 Å². The van der Waals surface area contributed by atoms with Crippen LogP contribution in [0, 0.1) is 0 Å². The maximum atomic E-state index is 8.91. The van der Waals surface area contributed by atoms with Gasteiger partial charge in [0.05, 0.1) is 6.61 Å². The van der Waals surface area contributed by atoms with Crippen LogP contribution in [0.15, 0.2) is 18.3 Å². The molecule has 1 heterocycles. The number of aromatic nitrogens is 1. The van der Waals surface area contributed by atoms with E-state index in [0.29, 0.717) is 0 Å². The highest BCUT2D eigenvalue weighted by molar-refractivity contribution is 7.99. The molecule has 0 unspecified atom stereocenters. The Morgan fingerprint density at radius 2 is 2.43 bits per heavy atom. The average molecular weight is 212 g/mol. The summed E-state index contributed by atoms with van der Waals surface area (Å²) in [4.78, 5) is 4.15. The fraction of sp³-hybridized carbons (Fsp3) is 0.500. The third-order valence-electron chi connectivity index (χ3n) is 1.76. The van der Waals surface area contributed by atoms with Gasteiger partial charge in [-0.15, -0.1) is 0 Å². The lowest BCUT2D eigenvalue weighted by Gasteiger charge is -2.05. The fourth-order valence-electron chi connectivity index (χ4n) is 1.06. The van der Waals surface area contributed by atoms with E-state index >= 15 is 0 Å². The van der Waals surface area contributed by atoms with Crippen LogP contribution in [0.25, 0.3) is 0 Å². The normalized spacial score (nSPS) is 10.1. The van der Waals surface area contributed by atoms with Crippen LogP contribution in [0.1, 0.15) is 12.5 Å². The summed E-state index contributed by atoms with van der Waals surface area (Å²) >= 11 is 1.90. The third-order valence-corrected chi connectivity index (χ3v) is 2.66. The SMILES string of the molecule is CCSCCNc1cc(CO)ccn1. The van der Waals surface area contributed by atoms with Gasteiger partial charge in [-0.25, -0.2) is 4.98 Å². The van der Waals surface area contributed by atoms with Crippen LogP contribution in [-0.4, -0.2) is 28.1 Å². The maximum Gasteiger partial charge on any atom is 0.126 e. The van der Waals surface area contributed by atoms with E-state index in [-0.39, 0.29) is 6.61 Å². The van der Waals surface area contributed by atoms with Gasteiger partial charge in [0.2, 0.25) is 0 Å². The van der Waals surface area contributed by atoms with Crippen molar-refractivity contribution in [1.29, 1.82) is 0 Å². The summed E-state index contributed by atoms with van der Waals surface area (Å²) in [5.74, 6) is 3.07. The largest absolute Gasteiger partial charge is 0.392 e. The fourth-order valence-corrected chi connectivity index (χ4v) is 1.60. The molecule has 14 heavy (non-hydrogen) atoms. The highest BCUT2D eigenvalue weighted by Gasteiger charge is 1.95. The second-order valence-corrected chi connectivity index (χ2v) is 4.22. The molecule has 0 amide bonds. The van der Waals surface area contributed by atoms with Crippen molar-refractivity contribution >= 4 is 17.6 Å². The molecule has 0 bridgehead atoms. The molecule has 1 aromatic rings. The molecule has 0 aliphatic heterocycles. The van der Waals surface area contributed by atoms with Crippen LogP contribution in [0.5, 0.6) is 0 Å². The average Bonchev–Trinajstić information content (AvgIpc) is 2.25. The number of pyridine rings is 1. The summed E-state index contributed by atoms with van der Waals surface area (Å²) < 4.78 is 0. The van der Waals surface area contributed by atoms with E-state index < -0.39 is 0 Å². The first-order chi connectivity index (χ1) is 6.86. The number of rotatable bonds is 6. The molecule has 2 N–H and O–H groups in total. The summed E-state index contributed by atoms with van der Waals surface area (Å²) in [6.45, 7) is 3.14. The topological polar surface area (TPSA) is 45.1 Å². The Bertz CT molecular complexity index is 268. The zero-order valence-electron chi connectivity index (χ0n) is 8.36. The number of aliphatic hydroxyl groups is 1. The van der Waals surface area contributed by atoms with Crippen molar-refractivity contribution in [3.8, 4) is 0 Å². The molecular weight excluding hydrogens is 196 g/mol. The summed E-state index contributed by atoms with van der Waals surface area (Å²) in [6.07, 6.45) is 1.71. The van der Waals surface area contributed by atoms with Gasteiger partial charge in [-0.3, -0.25) is 0 Å². The minimum absolute atomic E-state index is 0.0703. The Morgan fingerprint density at radius 3 is 3.14 bits per heavy atom. The van der Waals surface area contributed by atoms with Crippen molar-refractivity contribution < 1.29 is 5.11 Å². The van der Waals surface area contributed by atoms with Crippen molar-refractivity contribution in [2.24, 2.45) is 0 Å². The van der Waals surface area contributed by atoms with Crippen LogP contribution in [0.4, 0.5) is 5.82 Å². The van der Waals surface area contributed by atoms with Crippen LogP contribution >= 0.6 is 11.8 Å². The van der Waals surface area contributed by atoms with E-state index in [1.54, 1.807) is 6.20 Å². The van der Waals surface area contributed by atoms with Crippen molar-refractivity contribution in [3.63, 3.8) is 0 Å². The summed E-state index contributed by atoms with van der Waals surface area (Å²) in [6, 6.07) is 3.68. The Hall–Kier alpha value is -0.740. The lowest BCUT2D eigenvalue weighted by atomic mass is 10.3. The molecule has 3 nitrogen and oxygen atoms in total.